The fourth-order valence-corrected chi connectivity index (χ4v) is 1.59. The van der Waals surface area contributed by atoms with Gasteiger partial charge >= 0.3 is 6.18 Å². The van der Waals surface area contributed by atoms with E-state index < -0.39 is 12.7 Å². The standard InChI is InChI=1S/C8H7ClF3N5/c1-17(3-8(10,11)12)6-4-2-13-16-5(4)14-7(9)15-6/h2H,3H2,1H3,(H,13,14,15,16). The Morgan fingerprint density at radius 2 is 2.12 bits per heavy atom. The van der Waals surface area contributed by atoms with Gasteiger partial charge in [-0.1, -0.05) is 0 Å². The monoisotopic (exact) mass is 265 g/mol. The molecule has 0 aromatic carbocycles. The van der Waals surface area contributed by atoms with Crippen molar-refractivity contribution in [3.05, 3.63) is 11.5 Å². The molecule has 2 rings (SSSR count). The molecule has 17 heavy (non-hydrogen) atoms. The highest BCUT2D eigenvalue weighted by Crippen LogP contribution is 2.25. The molecule has 5 nitrogen and oxygen atoms in total. The van der Waals surface area contributed by atoms with E-state index >= 15 is 0 Å². The summed E-state index contributed by atoms with van der Waals surface area (Å²) in [4.78, 5) is 8.53. The van der Waals surface area contributed by atoms with Crippen molar-refractivity contribution >= 4 is 28.5 Å². The molecule has 92 valence electrons. The van der Waals surface area contributed by atoms with Crippen molar-refractivity contribution in [1.82, 2.24) is 20.2 Å². The Labute approximate surface area is 98.6 Å². The van der Waals surface area contributed by atoms with Gasteiger partial charge in [0.15, 0.2) is 5.65 Å². The molecular formula is C8H7ClF3N5. The van der Waals surface area contributed by atoms with Crippen molar-refractivity contribution in [3.63, 3.8) is 0 Å². The average molecular weight is 266 g/mol. The highest BCUT2D eigenvalue weighted by atomic mass is 35.5. The number of nitrogens with one attached hydrogen (secondary N) is 1. The van der Waals surface area contributed by atoms with Gasteiger partial charge < -0.3 is 4.90 Å². The Balaban J connectivity index is 2.43. The second-order valence-electron chi connectivity index (χ2n) is 3.42. The fraction of sp³-hybridized carbons (Fsp3) is 0.375. The smallest absolute Gasteiger partial charge is 0.350 e. The van der Waals surface area contributed by atoms with Crippen molar-refractivity contribution in [1.29, 1.82) is 0 Å². The summed E-state index contributed by atoms with van der Waals surface area (Å²) in [5.74, 6) is 0.0890. The minimum atomic E-state index is -4.32. The number of fused-ring (bicyclic) bond motifs is 1. The first-order chi connectivity index (χ1) is 7.87. The van der Waals surface area contributed by atoms with Crippen molar-refractivity contribution in [2.75, 3.05) is 18.5 Å². The third-order valence-electron chi connectivity index (χ3n) is 2.04. The van der Waals surface area contributed by atoms with Gasteiger partial charge in [0.25, 0.3) is 0 Å². The molecule has 0 aliphatic carbocycles. The third-order valence-corrected chi connectivity index (χ3v) is 2.21. The zero-order chi connectivity index (χ0) is 12.6. The number of aromatic amines is 1. The van der Waals surface area contributed by atoms with Gasteiger partial charge in [-0.05, 0) is 11.6 Å². The van der Waals surface area contributed by atoms with Gasteiger partial charge in [0, 0.05) is 7.05 Å². The lowest BCUT2D eigenvalue weighted by atomic mass is 10.3. The summed E-state index contributed by atoms with van der Waals surface area (Å²) >= 11 is 5.62. The number of aromatic nitrogens is 4. The van der Waals surface area contributed by atoms with Gasteiger partial charge in [-0.3, -0.25) is 5.10 Å². The van der Waals surface area contributed by atoms with Crippen molar-refractivity contribution < 1.29 is 13.2 Å². The van der Waals surface area contributed by atoms with Crippen molar-refractivity contribution in [2.45, 2.75) is 6.18 Å². The maximum atomic E-state index is 12.3. The lowest BCUT2D eigenvalue weighted by molar-refractivity contribution is -0.119. The Hall–Kier alpha value is -1.57. The van der Waals surface area contributed by atoms with E-state index in [0.29, 0.717) is 11.0 Å². The van der Waals surface area contributed by atoms with Crippen molar-refractivity contribution in [3.8, 4) is 0 Å². The van der Waals surface area contributed by atoms with Crippen LogP contribution < -0.4 is 4.90 Å². The average Bonchev–Trinajstić information content (AvgIpc) is 2.60. The van der Waals surface area contributed by atoms with Crippen LogP contribution in [0, 0.1) is 0 Å². The molecule has 2 aromatic rings. The molecule has 0 aliphatic heterocycles. The van der Waals surface area contributed by atoms with E-state index in [9.17, 15) is 13.2 Å². The van der Waals surface area contributed by atoms with Crippen LogP contribution in [0.15, 0.2) is 6.20 Å². The summed E-state index contributed by atoms with van der Waals surface area (Å²) in [6.45, 7) is -1.12. The zero-order valence-corrected chi connectivity index (χ0v) is 9.34. The second kappa shape index (κ2) is 4.02. The van der Waals surface area contributed by atoms with E-state index in [1.54, 1.807) is 0 Å². The molecule has 0 aliphatic rings. The first kappa shape index (κ1) is 11.9. The molecule has 2 heterocycles. The van der Waals surface area contributed by atoms with Gasteiger partial charge in [0.2, 0.25) is 5.28 Å². The van der Waals surface area contributed by atoms with Crippen LogP contribution in [0.4, 0.5) is 19.0 Å². The fourth-order valence-electron chi connectivity index (χ4n) is 1.43. The molecule has 2 aromatic heterocycles. The molecule has 0 radical (unpaired) electrons. The van der Waals surface area contributed by atoms with Gasteiger partial charge in [0.1, 0.15) is 12.4 Å². The minimum Gasteiger partial charge on any atom is -0.350 e. The lowest BCUT2D eigenvalue weighted by Crippen LogP contribution is -2.31. The molecule has 9 heteroatoms. The second-order valence-corrected chi connectivity index (χ2v) is 3.76. The molecule has 1 N–H and O–H groups in total. The summed E-state index contributed by atoms with van der Waals surface area (Å²) in [5.41, 5.74) is 0.300. The highest BCUT2D eigenvalue weighted by Gasteiger charge is 2.30. The Bertz CT molecular complexity index is 537. The summed E-state index contributed by atoms with van der Waals surface area (Å²) < 4.78 is 36.8. The van der Waals surface area contributed by atoms with Gasteiger partial charge in [0.05, 0.1) is 11.6 Å². The van der Waals surface area contributed by atoms with E-state index in [1.165, 1.54) is 13.2 Å². The highest BCUT2D eigenvalue weighted by molar-refractivity contribution is 6.28. The van der Waals surface area contributed by atoms with Crippen LogP contribution in [0.1, 0.15) is 0 Å². The van der Waals surface area contributed by atoms with E-state index in [-0.39, 0.29) is 11.1 Å². The van der Waals surface area contributed by atoms with Crippen LogP contribution in [-0.4, -0.2) is 39.9 Å². The third kappa shape index (κ3) is 2.57. The summed E-state index contributed by atoms with van der Waals surface area (Å²) in [6.07, 6.45) is -2.96. The quantitative estimate of drug-likeness (QED) is 0.844. The normalized spacial score (nSPS) is 12.1. The van der Waals surface area contributed by atoms with Crippen LogP contribution in [0.2, 0.25) is 5.28 Å². The van der Waals surface area contributed by atoms with Gasteiger partial charge in [-0.2, -0.15) is 28.2 Å². The SMILES string of the molecule is CN(CC(F)(F)F)c1nc(Cl)nc2[nH]ncc12. The van der Waals surface area contributed by atoms with Crippen LogP contribution in [0.3, 0.4) is 0 Å². The number of rotatable bonds is 2. The van der Waals surface area contributed by atoms with Crippen LogP contribution in [0.25, 0.3) is 11.0 Å². The summed E-state index contributed by atoms with van der Waals surface area (Å²) in [6, 6.07) is 0. The number of halogens is 4. The maximum Gasteiger partial charge on any atom is 0.405 e. The Morgan fingerprint density at radius 1 is 1.41 bits per heavy atom. The maximum absolute atomic E-state index is 12.3. The molecule has 0 spiro atoms. The predicted octanol–water partition coefficient (Wildman–Crippen LogP) is 2.00. The zero-order valence-electron chi connectivity index (χ0n) is 8.59. The van der Waals surface area contributed by atoms with E-state index in [4.69, 9.17) is 11.6 Å². The molecule has 0 amide bonds. The summed E-state index contributed by atoms with van der Waals surface area (Å²) in [5, 5.41) is 6.47. The molecule has 0 saturated carbocycles. The minimum absolute atomic E-state index is 0.0890. The van der Waals surface area contributed by atoms with Crippen molar-refractivity contribution in [2.24, 2.45) is 0 Å². The van der Waals surface area contributed by atoms with Crippen LogP contribution >= 0.6 is 11.6 Å². The number of hydrogen-bond donors (Lipinski definition) is 1. The van der Waals surface area contributed by atoms with Gasteiger partial charge in [-0.25, -0.2) is 0 Å². The van der Waals surface area contributed by atoms with E-state index in [1.807, 2.05) is 0 Å². The number of alkyl halides is 3. The first-order valence-electron chi connectivity index (χ1n) is 4.51. The number of nitrogens with zero attached hydrogens (tertiary/aromatic N) is 4. The van der Waals surface area contributed by atoms with Gasteiger partial charge in [-0.15, -0.1) is 0 Å². The number of H-pyrrole nitrogens is 1. The molecule has 0 atom stereocenters. The number of hydrogen-bond acceptors (Lipinski definition) is 4. The Morgan fingerprint density at radius 3 is 2.76 bits per heavy atom. The largest absolute Gasteiger partial charge is 0.405 e. The molecule has 0 bridgehead atoms. The lowest BCUT2D eigenvalue weighted by Gasteiger charge is -2.20. The van der Waals surface area contributed by atoms with Crippen LogP contribution in [-0.2, 0) is 0 Å². The predicted molar refractivity (Wildman–Crippen MR) is 56.0 cm³/mol. The molecular weight excluding hydrogens is 259 g/mol. The molecule has 0 saturated heterocycles. The summed E-state index contributed by atoms with van der Waals surface area (Å²) in [7, 11) is 1.28. The van der Waals surface area contributed by atoms with Crippen LogP contribution in [0.5, 0.6) is 0 Å². The topological polar surface area (TPSA) is 57.7 Å². The Kier molecular flexibility index (Phi) is 2.82. The number of anilines is 1. The molecule has 0 unspecified atom stereocenters. The molecule has 0 fully saturated rings. The van der Waals surface area contributed by atoms with E-state index in [0.717, 1.165) is 4.90 Å². The first-order valence-corrected chi connectivity index (χ1v) is 4.89. The van der Waals surface area contributed by atoms with E-state index in [2.05, 4.69) is 20.2 Å².